The summed E-state index contributed by atoms with van der Waals surface area (Å²) in [5, 5.41) is 8.88. The minimum Gasteiger partial charge on any atom is -0.440 e. The van der Waals surface area contributed by atoms with Crippen LogP contribution in [0.15, 0.2) is 60.4 Å². The molecule has 0 bridgehead atoms. The van der Waals surface area contributed by atoms with Gasteiger partial charge in [-0.1, -0.05) is 63.7 Å². The van der Waals surface area contributed by atoms with Crippen LogP contribution in [0, 0.1) is 28.6 Å². The van der Waals surface area contributed by atoms with Crippen molar-refractivity contribution in [1.82, 2.24) is 4.98 Å². The quantitative estimate of drug-likeness (QED) is 0.358. The summed E-state index contributed by atoms with van der Waals surface area (Å²) < 4.78 is 25.4. The molecule has 172 valence electrons. The number of nitrogens with zero attached hydrogens (tertiary/aromatic N) is 2. The maximum absolute atomic E-state index is 14.3. The minimum absolute atomic E-state index is 0.0462. The monoisotopic (exact) mass is 468 g/mol. The van der Waals surface area contributed by atoms with Crippen molar-refractivity contribution in [2.75, 3.05) is 0 Å². The van der Waals surface area contributed by atoms with Gasteiger partial charge in [0, 0.05) is 11.3 Å². The molecule has 0 amide bonds. The first-order chi connectivity index (χ1) is 15.6. The molecule has 3 rings (SSSR count). The Balaban J connectivity index is 1.69. The Morgan fingerprint density at radius 3 is 2.52 bits per heavy atom. The normalized spacial score (nSPS) is 20.0. The van der Waals surface area contributed by atoms with E-state index in [1.54, 1.807) is 58.0 Å². The van der Waals surface area contributed by atoms with Crippen LogP contribution in [0.3, 0.4) is 0 Å². The molecule has 1 aliphatic rings. The summed E-state index contributed by atoms with van der Waals surface area (Å²) in [6.07, 6.45) is -0.0572. The Morgan fingerprint density at radius 1 is 1.18 bits per heavy atom. The van der Waals surface area contributed by atoms with Gasteiger partial charge in [0.1, 0.15) is 11.8 Å². The average Bonchev–Trinajstić information content (AvgIpc) is 3.31. The fraction of sp³-hybridized carbons (Fsp3) is 0.360. The SMILES string of the molecule is CC(C)SC(=O)C(F)=C[C@H]1[C@@H](C(=O)O[C@@H](C#N)c2cccc(Oc3ccccc3)n2)C1(C)C. The lowest BCUT2D eigenvalue weighted by molar-refractivity contribution is -0.149. The molecule has 1 aromatic heterocycles. The highest BCUT2D eigenvalue weighted by atomic mass is 32.2. The molecule has 0 radical (unpaired) electrons. The van der Waals surface area contributed by atoms with Crippen LogP contribution in [0.25, 0.3) is 0 Å². The third-order valence-corrected chi connectivity index (χ3v) is 6.24. The van der Waals surface area contributed by atoms with Crippen molar-refractivity contribution in [3.8, 4) is 17.7 Å². The number of rotatable bonds is 8. The lowest BCUT2D eigenvalue weighted by Crippen LogP contribution is -2.15. The number of halogens is 1. The fourth-order valence-corrected chi connectivity index (χ4v) is 4.13. The number of aromatic nitrogens is 1. The molecule has 2 aromatic rings. The van der Waals surface area contributed by atoms with Crippen LogP contribution >= 0.6 is 11.8 Å². The summed E-state index contributed by atoms with van der Waals surface area (Å²) in [6, 6.07) is 15.8. The number of carbonyl (C=O) groups is 2. The van der Waals surface area contributed by atoms with Crippen molar-refractivity contribution in [1.29, 1.82) is 5.26 Å². The number of hydrogen-bond acceptors (Lipinski definition) is 7. The van der Waals surface area contributed by atoms with Gasteiger partial charge in [0.25, 0.3) is 0 Å². The lowest BCUT2D eigenvalue weighted by Gasteiger charge is -2.12. The van der Waals surface area contributed by atoms with E-state index in [9.17, 15) is 19.2 Å². The van der Waals surface area contributed by atoms with Crippen molar-refractivity contribution in [3.63, 3.8) is 0 Å². The van der Waals surface area contributed by atoms with Crippen LogP contribution in [0.5, 0.6) is 11.6 Å². The predicted octanol–water partition coefficient (Wildman–Crippen LogP) is 5.78. The van der Waals surface area contributed by atoms with E-state index < -0.39 is 40.3 Å². The molecule has 0 spiro atoms. The molecular weight excluding hydrogens is 443 g/mol. The van der Waals surface area contributed by atoms with E-state index in [-0.39, 0.29) is 16.8 Å². The number of para-hydroxylation sites is 1. The van der Waals surface area contributed by atoms with E-state index in [0.717, 1.165) is 11.8 Å². The number of nitriles is 1. The summed E-state index contributed by atoms with van der Waals surface area (Å²) in [7, 11) is 0. The first kappa shape index (κ1) is 24.5. The largest absolute Gasteiger partial charge is 0.440 e. The molecule has 6 nitrogen and oxygen atoms in total. The average molecular weight is 469 g/mol. The number of hydrogen-bond donors (Lipinski definition) is 0. The smallest absolute Gasteiger partial charge is 0.311 e. The van der Waals surface area contributed by atoms with Gasteiger partial charge in [0.05, 0.1) is 11.6 Å². The van der Waals surface area contributed by atoms with Gasteiger partial charge in [-0.2, -0.15) is 5.26 Å². The topological polar surface area (TPSA) is 89.3 Å². The van der Waals surface area contributed by atoms with Gasteiger partial charge in [-0.05, 0) is 35.6 Å². The summed E-state index contributed by atoms with van der Waals surface area (Å²) in [4.78, 5) is 29.0. The molecule has 8 heteroatoms. The number of esters is 1. The highest BCUT2D eigenvalue weighted by Crippen LogP contribution is 2.60. The van der Waals surface area contributed by atoms with Crippen molar-refractivity contribution in [2.45, 2.75) is 39.0 Å². The van der Waals surface area contributed by atoms with E-state index in [1.807, 2.05) is 24.3 Å². The lowest BCUT2D eigenvalue weighted by atomic mass is 10.1. The third-order valence-electron chi connectivity index (χ3n) is 5.36. The number of allylic oxidation sites excluding steroid dienone is 1. The Kier molecular flexibility index (Phi) is 7.54. The molecule has 1 fully saturated rings. The number of benzene rings is 1. The van der Waals surface area contributed by atoms with Crippen LogP contribution in [0.1, 0.15) is 39.5 Å². The molecule has 0 saturated heterocycles. The van der Waals surface area contributed by atoms with Gasteiger partial charge in [-0.25, -0.2) is 9.37 Å². The first-order valence-electron chi connectivity index (χ1n) is 10.5. The maximum Gasteiger partial charge on any atom is 0.311 e. The molecular formula is C25H25FN2O4S. The van der Waals surface area contributed by atoms with E-state index >= 15 is 0 Å². The standard InChI is InChI=1S/C25H25FN2O4S/c1-15(2)33-24(30)18(26)13-17-22(25(17,3)4)23(29)32-20(14-27)19-11-8-12-21(28-19)31-16-9-6-5-7-10-16/h5-13,15,17,20,22H,1-4H3/t17-,20-,22-/m0/s1. The van der Waals surface area contributed by atoms with E-state index in [0.29, 0.717) is 5.75 Å². The Labute approximate surface area is 196 Å². The molecule has 1 heterocycles. The van der Waals surface area contributed by atoms with Crippen molar-refractivity contribution in [3.05, 3.63) is 66.1 Å². The number of carbonyl (C=O) groups excluding carboxylic acids is 2. The van der Waals surface area contributed by atoms with Gasteiger partial charge < -0.3 is 9.47 Å². The Morgan fingerprint density at radius 2 is 1.88 bits per heavy atom. The van der Waals surface area contributed by atoms with Crippen LogP contribution < -0.4 is 4.74 Å². The zero-order valence-corrected chi connectivity index (χ0v) is 19.6. The van der Waals surface area contributed by atoms with Gasteiger partial charge >= 0.3 is 5.97 Å². The number of thioether (sulfide) groups is 1. The zero-order chi connectivity index (χ0) is 24.2. The second-order valence-corrected chi connectivity index (χ2v) is 10.1. The molecule has 0 aliphatic heterocycles. The Bertz CT molecular complexity index is 1100. The third kappa shape index (κ3) is 5.99. The highest BCUT2D eigenvalue weighted by Gasteiger charge is 2.62. The second kappa shape index (κ2) is 10.2. The summed E-state index contributed by atoms with van der Waals surface area (Å²) in [6.45, 7) is 7.18. The van der Waals surface area contributed by atoms with E-state index in [1.165, 1.54) is 6.08 Å². The summed E-state index contributed by atoms with van der Waals surface area (Å²) in [5.41, 5.74) is -0.373. The maximum atomic E-state index is 14.3. The molecule has 0 N–H and O–H groups in total. The number of pyridine rings is 1. The Hall–Kier alpha value is -3.18. The first-order valence-corrected chi connectivity index (χ1v) is 11.4. The fourth-order valence-electron chi connectivity index (χ4n) is 3.52. The van der Waals surface area contributed by atoms with E-state index in [2.05, 4.69) is 4.98 Å². The van der Waals surface area contributed by atoms with Crippen LogP contribution in [0.2, 0.25) is 0 Å². The molecule has 1 saturated carbocycles. The molecule has 3 atom stereocenters. The minimum atomic E-state index is -1.25. The van der Waals surface area contributed by atoms with Gasteiger partial charge in [0.2, 0.25) is 17.1 Å². The van der Waals surface area contributed by atoms with Crippen molar-refractivity contribution >= 4 is 22.8 Å². The van der Waals surface area contributed by atoms with Crippen molar-refractivity contribution in [2.24, 2.45) is 17.3 Å². The van der Waals surface area contributed by atoms with Gasteiger partial charge in [-0.15, -0.1) is 0 Å². The van der Waals surface area contributed by atoms with Crippen molar-refractivity contribution < 1.29 is 23.5 Å². The van der Waals surface area contributed by atoms with Crippen LogP contribution in [-0.2, 0) is 14.3 Å². The summed E-state index contributed by atoms with van der Waals surface area (Å²) in [5.74, 6) is -1.84. The van der Waals surface area contributed by atoms with Gasteiger partial charge in [-0.3, -0.25) is 9.59 Å². The summed E-state index contributed by atoms with van der Waals surface area (Å²) >= 11 is 0.894. The van der Waals surface area contributed by atoms with Crippen LogP contribution in [-0.4, -0.2) is 21.3 Å². The second-order valence-electron chi connectivity index (χ2n) is 8.56. The number of ether oxygens (including phenoxy) is 2. The molecule has 33 heavy (non-hydrogen) atoms. The molecule has 1 aromatic carbocycles. The van der Waals surface area contributed by atoms with Crippen LogP contribution in [0.4, 0.5) is 4.39 Å². The predicted molar refractivity (Wildman–Crippen MR) is 123 cm³/mol. The molecule has 0 unspecified atom stereocenters. The molecule has 1 aliphatic carbocycles. The van der Waals surface area contributed by atoms with Gasteiger partial charge in [0.15, 0.2) is 5.83 Å². The van der Waals surface area contributed by atoms with E-state index in [4.69, 9.17) is 9.47 Å². The zero-order valence-electron chi connectivity index (χ0n) is 18.8. The highest BCUT2D eigenvalue weighted by molar-refractivity contribution is 8.14.